The number of aliphatic hydroxyl groups is 2. The summed E-state index contributed by atoms with van der Waals surface area (Å²) in [5.74, 6) is -0.0231. The number of rotatable bonds is 48. The maximum atomic E-state index is 12.5. The molecule has 0 fully saturated rings. The van der Waals surface area contributed by atoms with Crippen LogP contribution < -0.4 is 5.32 Å². The maximum Gasteiger partial charge on any atom is 0.220 e. The summed E-state index contributed by atoms with van der Waals surface area (Å²) in [7, 11) is 0. The minimum Gasteiger partial charge on any atom is -0.394 e. The molecule has 0 rings (SSSR count). The lowest BCUT2D eigenvalue weighted by Crippen LogP contribution is -2.45. The zero-order valence-electron chi connectivity index (χ0n) is 38.0. The third kappa shape index (κ3) is 44.3. The highest BCUT2D eigenvalue weighted by Crippen LogP contribution is 2.18. The van der Waals surface area contributed by atoms with E-state index in [9.17, 15) is 15.0 Å². The van der Waals surface area contributed by atoms with E-state index < -0.39 is 12.1 Å². The second-order valence-electron chi connectivity index (χ2n) is 18.0. The van der Waals surface area contributed by atoms with E-state index in [-0.39, 0.29) is 12.5 Å². The summed E-state index contributed by atoms with van der Waals surface area (Å²) >= 11 is 0. The molecule has 0 saturated heterocycles. The third-order valence-electron chi connectivity index (χ3n) is 12.4. The Bertz CT molecular complexity index is 714. The first-order valence-corrected chi connectivity index (χ1v) is 25.7. The number of carbonyl (C=O) groups excluding carboxylic acids is 1. The number of hydrogen-bond acceptors (Lipinski definition) is 3. The summed E-state index contributed by atoms with van der Waals surface area (Å²) in [5, 5.41) is 23.3. The molecule has 4 nitrogen and oxygen atoms in total. The summed E-state index contributed by atoms with van der Waals surface area (Å²) in [6, 6.07) is -0.530. The Hall–Kier alpha value is -0.610. The highest BCUT2D eigenvalue weighted by atomic mass is 16.3. The number of unbranched alkanes of at least 4 members (excludes halogenated alkanes) is 41. The molecule has 0 aliphatic rings. The molecule has 2 atom stereocenters. The van der Waals surface area contributed by atoms with Crippen molar-refractivity contribution in [3.05, 3.63) is 0 Å². The molecular formula is C51H103NO3. The van der Waals surface area contributed by atoms with E-state index in [2.05, 4.69) is 19.2 Å². The molecule has 1 amide bonds. The molecule has 0 aromatic rings. The minimum absolute atomic E-state index is 0.0231. The normalized spacial score (nSPS) is 12.7. The Morgan fingerprint density at radius 3 is 0.818 bits per heavy atom. The van der Waals surface area contributed by atoms with E-state index in [1.807, 2.05) is 0 Å². The van der Waals surface area contributed by atoms with Crippen molar-refractivity contribution < 1.29 is 15.0 Å². The molecule has 0 bridgehead atoms. The van der Waals surface area contributed by atoms with E-state index in [0.717, 1.165) is 25.7 Å². The SMILES string of the molecule is CCCCCCCCCCCCCCCCCCCCCCCCC(=O)NC(CO)C(O)CCCCCCCCCCCCCCCCCCCCCCC. The Morgan fingerprint density at radius 1 is 0.364 bits per heavy atom. The van der Waals surface area contributed by atoms with Crippen molar-refractivity contribution in [2.45, 2.75) is 315 Å². The van der Waals surface area contributed by atoms with Gasteiger partial charge in [-0.1, -0.05) is 284 Å². The van der Waals surface area contributed by atoms with Crippen molar-refractivity contribution in [3.8, 4) is 0 Å². The fourth-order valence-electron chi connectivity index (χ4n) is 8.42. The fraction of sp³-hybridized carbons (Fsp3) is 0.980. The number of carbonyl (C=O) groups is 1. The molecule has 330 valence electrons. The number of aliphatic hydroxyl groups excluding tert-OH is 2. The van der Waals surface area contributed by atoms with Crippen molar-refractivity contribution in [1.82, 2.24) is 5.32 Å². The van der Waals surface area contributed by atoms with Gasteiger partial charge in [0, 0.05) is 6.42 Å². The molecule has 0 aromatic heterocycles. The first kappa shape index (κ1) is 54.4. The molecule has 3 N–H and O–H groups in total. The van der Waals surface area contributed by atoms with Crippen molar-refractivity contribution in [3.63, 3.8) is 0 Å². The van der Waals surface area contributed by atoms with Crippen molar-refractivity contribution in [2.75, 3.05) is 6.61 Å². The van der Waals surface area contributed by atoms with Gasteiger partial charge >= 0.3 is 0 Å². The van der Waals surface area contributed by atoms with Gasteiger partial charge in [-0.05, 0) is 12.8 Å². The second-order valence-corrected chi connectivity index (χ2v) is 18.0. The molecule has 55 heavy (non-hydrogen) atoms. The summed E-state index contributed by atoms with van der Waals surface area (Å²) in [5.41, 5.74) is 0. The maximum absolute atomic E-state index is 12.5. The predicted molar refractivity (Wildman–Crippen MR) is 244 cm³/mol. The van der Waals surface area contributed by atoms with Gasteiger partial charge in [-0.25, -0.2) is 0 Å². The smallest absolute Gasteiger partial charge is 0.220 e. The first-order valence-electron chi connectivity index (χ1n) is 25.7. The zero-order valence-corrected chi connectivity index (χ0v) is 38.0. The second kappa shape index (κ2) is 47.8. The minimum atomic E-state index is -0.654. The van der Waals surface area contributed by atoms with Gasteiger partial charge in [0.25, 0.3) is 0 Å². The van der Waals surface area contributed by atoms with Crippen molar-refractivity contribution in [2.24, 2.45) is 0 Å². The van der Waals surface area contributed by atoms with E-state index in [0.29, 0.717) is 12.8 Å². The van der Waals surface area contributed by atoms with Crippen LogP contribution in [-0.4, -0.2) is 34.9 Å². The number of amides is 1. The molecule has 0 aliphatic carbocycles. The van der Waals surface area contributed by atoms with Crippen LogP contribution in [0.5, 0.6) is 0 Å². The third-order valence-corrected chi connectivity index (χ3v) is 12.4. The van der Waals surface area contributed by atoms with Gasteiger partial charge in [0.2, 0.25) is 5.91 Å². The van der Waals surface area contributed by atoms with Gasteiger partial charge in [0.1, 0.15) is 0 Å². The van der Waals surface area contributed by atoms with Crippen molar-refractivity contribution in [1.29, 1.82) is 0 Å². The lowest BCUT2D eigenvalue weighted by atomic mass is 10.0. The van der Waals surface area contributed by atoms with Crippen LogP contribution in [0.3, 0.4) is 0 Å². The molecule has 0 aromatic carbocycles. The molecule has 0 saturated carbocycles. The van der Waals surface area contributed by atoms with Gasteiger partial charge in [-0.2, -0.15) is 0 Å². The number of hydrogen-bond donors (Lipinski definition) is 3. The van der Waals surface area contributed by atoms with Crippen LogP contribution in [0.2, 0.25) is 0 Å². The quantitative estimate of drug-likeness (QED) is 0.0539. The van der Waals surface area contributed by atoms with Crippen molar-refractivity contribution >= 4 is 5.91 Å². The van der Waals surface area contributed by atoms with E-state index in [4.69, 9.17) is 0 Å². The van der Waals surface area contributed by atoms with Gasteiger partial charge in [0.05, 0.1) is 18.8 Å². The average molecular weight is 778 g/mol. The summed E-state index contributed by atoms with van der Waals surface area (Å²) in [6.07, 6.45) is 59.2. The Labute approximate surface area is 346 Å². The molecule has 0 aliphatic heterocycles. The Balaban J connectivity index is 3.42. The lowest BCUT2D eigenvalue weighted by Gasteiger charge is -2.22. The zero-order chi connectivity index (χ0) is 40.0. The van der Waals surface area contributed by atoms with Crippen LogP contribution >= 0.6 is 0 Å². The summed E-state index contributed by atoms with van der Waals surface area (Å²) < 4.78 is 0. The molecule has 4 heteroatoms. The van der Waals surface area contributed by atoms with Crippen LogP contribution in [-0.2, 0) is 4.79 Å². The summed E-state index contributed by atoms with van der Waals surface area (Å²) in [4.78, 5) is 12.5. The Morgan fingerprint density at radius 2 is 0.582 bits per heavy atom. The van der Waals surface area contributed by atoms with Crippen LogP contribution in [0, 0.1) is 0 Å². The predicted octanol–water partition coefficient (Wildman–Crippen LogP) is 16.4. The highest BCUT2D eigenvalue weighted by molar-refractivity contribution is 5.76. The number of nitrogens with one attached hydrogen (secondary N) is 1. The van der Waals surface area contributed by atoms with Gasteiger partial charge in [-0.15, -0.1) is 0 Å². The van der Waals surface area contributed by atoms with Crippen LogP contribution in [0.25, 0.3) is 0 Å². The first-order chi connectivity index (χ1) is 27.2. The summed E-state index contributed by atoms with van der Waals surface area (Å²) in [6.45, 7) is 4.40. The molecule has 2 unspecified atom stereocenters. The van der Waals surface area contributed by atoms with Crippen LogP contribution in [0.15, 0.2) is 0 Å². The fourth-order valence-corrected chi connectivity index (χ4v) is 8.42. The highest BCUT2D eigenvalue weighted by Gasteiger charge is 2.20. The van der Waals surface area contributed by atoms with E-state index in [1.165, 1.54) is 250 Å². The topological polar surface area (TPSA) is 69.6 Å². The van der Waals surface area contributed by atoms with Gasteiger partial charge in [0.15, 0.2) is 0 Å². The molecule has 0 heterocycles. The molecule has 0 spiro atoms. The monoisotopic (exact) mass is 778 g/mol. The molecule has 0 radical (unpaired) electrons. The molecular weight excluding hydrogens is 675 g/mol. The average Bonchev–Trinajstić information content (AvgIpc) is 3.19. The van der Waals surface area contributed by atoms with Gasteiger partial charge < -0.3 is 15.5 Å². The largest absolute Gasteiger partial charge is 0.394 e. The van der Waals surface area contributed by atoms with Crippen LogP contribution in [0.4, 0.5) is 0 Å². The lowest BCUT2D eigenvalue weighted by molar-refractivity contribution is -0.123. The van der Waals surface area contributed by atoms with Gasteiger partial charge in [-0.3, -0.25) is 4.79 Å². The van der Waals surface area contributed by atoms with E-state index >= 15 is 0 Å². The van der Waals surface area contributed by atoms with E-state index in [1.54, 1.807) is 0 Å². The van der Waals surface area contributed by atoms with Crippen LogP contribution in [0.1, 0.15) is 303 Å². The standard InChI is InChI=1S/C51H103NO3/c1-3-5-7-9-11-13-15-17-19-21-23-25-27-29-31-33-35-37-39-41-43-45-47-51(55)52-49(48-53)50(54)46-44-42-40-38-36-34-32-30-28-26-24-22-20-18-16-14-12-10-8-6-4-2/h49-50,53-54H,3-48H2,1-2H3,(H,52,55). The Kier molecular flexibility index (Phi) is 47.2.